The lowest BCUT2D eigenvalue weighted by Gasteiger charge is -2.24. The number of carbonyl (C=O) groups excluding carboxylic acids is 1. The fraction of sp³-hybridized carbons (Fsp3) is 0.400. The maximum Gasteiger partial charge on any atom is 0.245 e. The Labute approximate surface area is 118 Å². The zero-order valence-corrected chi connectivity index (χ0v) is 11.2. The second kappa shape index (κ2) is 6.58. The number of anilines is 1. The second-order valence-electron chi connectivity index (χ2n) is 4.70. The molecule has 1 unspecified atom stereocenters. The Morgan fingerprint density at radius 1 is 1.25 bits per heavy atom. The van der Waals surface area contributed by atoms with Crippen LogP contribution in [0.2, 0.25) is 0 Å². The Morgan fingerprint density at radius 2 is 1.90 bits per heavy atom. The summed E-state index contributed by atoms with van der Waals surface area (Å²) in [5, 5.41) is 20.5. The number of fused-ring (bicyclic) bond motifs is 1. The van der Waals surface area contributed by atoms with Crippen molar-refractivity contribution in [3.05, 3.63) is 29.8 Å². The SMILES string of the molecule is N#CCCN(CCC#N)C(=O)C1Cc2ccccc2N1. The Balaban J connectivity index is 2.02. The van der Waals surface area contributed by atoms with Crippen molar-refractivity contribution in [1.82, 2.24) is 4.90 Å². The van der Waals surface area contributed by atoms with E-state index >= 15 is 0 Å². The lowest BCUT2D eigenvalue weighted by atomic mass is 10.1. The van der Waals surface area contributed by atoms with E-state index in [4.69, 9.17) is 10.5 Å². The van der Waals surface area contributed by atoms with Crippen LogP contribution >= 0.6 is 0 Å². The van der Waals surface area contributed by atoms with Gasteiger partial charge in [-0.3, -0.25) is 4.79 Å². The molecule has 5 heteroatoms. The van der Waals surface area contributed by atoms with Gasteiger partial charge in [0.05, 0.1) is 25.0 Å². The van der Waals surface area contributed by atoms with E-state index in [0.717, 1.165) is 11.3 Å². The highest BCUT2D eigenvalue weighted by atomic mass is 16.2. The number of carbonyl (C=O) groups is 1. The van der Waals surface area contributed by atoms with Gasteiger partial charge >= 0.3 is 0 Å². The van der Waals surface area contributed by atoms with Crippen LogP contribution in [0.5, 0.6) is 0 Å². The van der Waals surface area contributed by atoms with Crippen LogP contribution in [0.15, 0.2) is 24.3 Å². The third kappa shape index (κ3) is 3.07. The number of hydrogen-bond donors (Lipinski definition) is 1. The molecule has 0 radical (unpaired) electrons. The maximum atomic E-state index is 12.5. The van der Waals surface area contributed by atoms with Gasteiger partial charge in [0.25, 0.3) is 0 Å². The Bertz CT molecular complexity index is 527. The van der Waals surface area contributed by atoms with Gasteiger partial charge in [0, 0.05) is 25.2 Å². The Kier molecular flexibility index (Phi) is 4.57. The second-order valence-corrected chi connectivity index (χ2v) is 4.70. The van der Waals surface area contributed by atoms with Gasteiger partial charge in [0.1, 0.15) is 6.04 Å². The number of rotatable bonds is 5. The van der Waals surface area contributed by atoms with Crippen molar-refractivity contribution in [2.75, 3.05) is 18.4 Å². The smallest absolute Gasteiger partial charge is 0.245 e. The summed E-state index contributed by atoms with van der Waals surface area (Å²) in [6, 6.07) is 11.6. The molecular weight excluding hydrogens is 252 g/mol. The lowest BCUT2D eigenvalue weighted by Crippen LogP contribution is -2.43. The van der Waals surface area contributed by atoms with Crippen LogP contribution in [-0.4, -0.2) is 29.9 Å². The first kappa shape index (κ1) is 13.9. The highest BCUT2D eigenvalue weighted by Crippen LogP contribution is 2.26. The fourth-order valence-electron chi connectivity index (χ4n) is 2.37. The molecule has 1 atom stereocenters. The lowest BCUT2D eigenvalue weighted by molar-refractivity contribution is -0.131. The minimum atomic E-state index is -0.287. The molecule has 20 heavy (non-hydrogen) atoms. The fourth-order valence-corrected chi connectivity index (χ4v) is 2.37. The molecule has 2 rings (SSSR count). The summed E-state index contributed by atoms with van der Waals surface area (Å²) in [7, 11) is 0. The van der Waals surface area contributed by atoms with Crippen LogP contribution in [0, 0.1) is 22.7 Å². The zero-order valence-electron chi connectivity index (χ0n) is 11.2. The molecule has 1 aromatic carbocycles. The van der Waals surface area contributed by atoms with Crippen molar-refractivity contribution < 1.29 is 4.79 Å². The van der Waals surface area contributed by atoms with Crippen LogP contribution in [0.3, 0.4) is 0 Å². The van der Waals surface area contributed by atoms with Gasteiger partial charge in [-0.15, -0.1) is 0 Å². The molecule has 0 fully saturated rings. The average molecular weight is 268 g/mol. The normalized spacial score (nSPS) is 15.6. The van der Waals surface area contributed by atoms with Crippen LogP contribution in [0.25, 0.3) is 0 Å². The van der Waals surface area contributed by atoms with Gasteiger partial charge in [0.15, 0.2) is 0 Å². The van der Waals surface area contributed by atoms with Crippen LogP contribution in [-0.2, 0) is 11.2 Å². The predicted octanol–water partition coefficient (Wildman–Crippen LogP) is 1.68. The highest BCUT2D eigenvalue weighted by Gasteiger charge is 2.29. The summed E-state index contributed by atoms with van der Waals surface area (Å²) in [5.74, 6) is -0.0355. The molecule has 1 amide bonds. The maximum absolute atomic E-state index is 12.5. The van der Waals surface area contributed by atoms with Crippen molar-refractivity contribution in [1.29, 1.82) is 10.5 Å². The van der Waals surface area contributed by atoms with E-state index in [2.05, 4.69) is 5.32 Å². The van der Waals surface area contributed by atoms with Crippen molar-refractivity contribution in [2.45, 2.75) is 25.3 Å². The van der Waals surface area contributed by atoms with Crippen molar-refractivity contribution >= 4 is 11.6 Å². The number of nitriles is 2. The molecule has 102 valence electrons. The minimum absolute atomic E-state index is 0.0355. The minimum Gasteiger partial charge on any atom is -0.373 e. The molecule has 1 N–H and O–H groups in total. The van der Waals surface area contributed by atoms with Gasteiger partial charge in [-0.2, -0.15) is 10.5 Å². The Morgan fingerprint density at radius 3 is 2.50 bits per heavy atom. The number of para-hydroxylation sites is 1. The third-order valence-electron chi connectivity index (χ3n) is 3.37. The number of benzene rings is 1. The van der Waals surface area contributed by atoms with Crippen molar-refractivity contribution in [3.8, 4) is 12.1 Å². The number of hydrogen-bond acceptors (Lipinski definition) is 4. The number of nitrogens with zero attached hydrogens (tertiary/aromatic N) is 3. The topological polar surface area (TPSA) is 79.9 Å². The average Bonchev–Trinajstić information content (AvgIpc) is 2.90. The summed E-state index contributed by atoms with van der Waals surface area (Å²) in [6.07, 6.45) is 1.23. The number of amides is 1. The van der Waals surface area contributed by atoms with Gasteiger partial charge in [-0.1, -0.05) is 18.2 Å². The summed E-state index contributed by atoms with van der Waals surface area (Å²) in [6.45, 7) is 0.761. The summed E-state index contributed by atoms with van der Waals surface area (Å²) < 4.78 is 0. The van der Waals surface area contributed by atoms with Crippen LogP contribution in [0.1, 0.15) is 18.4 Å². The first-order valence-electron chi connectivity index (χ1n) is 6.63. The molecule has 0 aromatic heterocycles. The van der Waals surface area contributed by atoms with Gasteiger partial charge in [-0.25, -0.2) is 0 Å². The summed E-state index contributed by atoms with van der Waals surface area (Å²) >= 11 is 0. The molecule has 1 aliphatic rings. The first-order chi connectivity index (χ1) is 9.76. The van der Waals surface area contributed by atoms with E-state index < -0.39 is 0 Å². The van der Waals surface area contributed by atoms with E-state index in [1.807, 2.05) is 36.4 Å². The summed E-state index contributed by atoms with van der Waals surface area (Å²) in [5.41, 5.74) is 2.12. The number of nitrogens with one attached hydrogen (secondary N) is 1. The molecule has 1 heterocycles. The van der Waals surface area contributed by atoms with E-state index in [-0.39, 0.29) is 24.8 Å². The van der Waals surface area contributed by atoms with E-state index in [1.54, 1.807) is 4.90 Å². The molecule has 1 aliphatic heterocycles. The molecular formula is C15H16N4O. The molecule has 1 aromatic rings. The van der Waals surface area contributed by atoms with E-state index in [9.17, 15) is 4.79 Å². The standard InChI is InChI=1S/C15H16N4O/c16-7-3-9-19(10-4-8-17)15(20)14-11-12-5-1-2-6-13(12)18-14/h1-2,5-6,14,18H,3-4,9-11H2. The molecule has 0 saturated heterocycles. The predicted molar refractivity (Wildman–Crippen MR) is 74.6 cm³/mol. The summed E-state index contributed by atoms with van der Waals surface area (Å²) in [4.78, 5) is 14.1. The van der Waals surface area contributed by atoms with Gasteiger partial charge in [0.2, 0.25) is 5.91 Å². The van der Waals surface area contributed by atoms with Crippen molar-refractivity contribution in [2.24, 2.45) is 0 Å². The molecule has 5 nitrogen and oxygen atoms in total. The molecule has 0 aliphatic carbocycles. The molecule has 0 bridgehead atoms. The van der Waals surface area contributed by atoms with Crippen LogP contribution in [0.4, 0.5) is 5.69 Å². The van der Waals surface area contributed by atoms with Crippen molar-refractivity contribution in [3.63, 3.8) is 0 Å². The van der Waals surface area contributed by atoms with Crippen LogP contribution < -0.4 is 5.32 Å². The quantitative estimate of drug-likeness (QED) is 0.881. The van der Waals surface area contributed by atoms with E-state index in [0.29, 0.717) is 19.5 Å². The first-order valence-corrected chi connectivity index (χ1v) is 6.63. The molecule has 0 spiro atoms. The van der Waals surface area contributed by atoms with Gasteiger partial charge < -0.3 is 10.2 Å². The Hall–Kier alpha value is -2.53. The molecule has 0 saturated carbocycles. The highest BCUT2D eigenvalue weighted by molar-refractivity contribution is 5.87. The zero-order chi connectivity index (χ0) is 14.4. The monoisotopic (exact) mass is 268 g/mol. The van der Waals surface area contributed by atoms with E-state index in [1.165, 1.54) is 0 Å². The third-order valence-corrected chi connectivity index (χ3v) is 3.37. The largest absolute Gasteiger partial charge is 0.373 e. The van der Waals surface area contributed by atoms with Gasteiger partial charge in [-0.05, 0) is 11.6 Å².